The fourth-order valence-electron chi connectivity index (χ4n) is 1.71. The van der Waals surface area contributed by atoms with E-state index in [-0.39, 0.29) is 9.79 Å². The normalized spacial score (nSPS) is 11.1. The van der Waals surface area contributed by atoms with Crippen molar-refractivity contribution in [1.29, 1.82) is 0 Å². The van der Waals surface area contributed by atoms with E-state index in [1.807, 2.05) is 0 Å². The molecule has 10 heteroatoms. The van der Waals surface area contributed by atoms with Crippen LogP contribution in [0.3, 0.4) is 0 Å². The molecule has 0 radical (unpaired) electrons. The Kier molecular flexibility index (Phi) is 7.26. The highest BCUT2D eigenvalue weighted by Crippen LogP contribution is 2.13. The lowest BCUT2D eigenvalue weighted by Gasteiger charge is -2.02. The largest absolute Gasteiger partial charge is 0.297 e. The van der Waals surface area contributed by atoms with Gasteiger partial charge in [0.25, 0.3) is 20.2 Å². The zero-order valence-corrected chi connectivity index (χ0v) is 15.7. The van der Waals surface area contributed by atoms with Crippen molar-refractivity contribution in [2.24, 2.45) is 0 Å². The molecule has 0 fully saturated rings. The van der Waals surface area contributed by atoms with Crippen LogP contribution in [0.25, 0.3) is 0 Å². The molecule has 146 valence electrons. The molecule has 0 spiro atoms. The first-order valence-corrected chi connectivity index (χ1v) is 10.3. The number of halogens is 2. The molecule has 2 aromatic carbocycles. The third kappa shape index (κ3) is 6.44. The van der Waals surface area contributed by atoms with Gasteiger partial charge in [0, 0.05) is 0 Å². The summed E-state index contributed by atoms with van der Waals surface area (Å²) in [7, 11) is -8.15. The average Bonchev–Trinajstić information content (AvgIpc) is 2.64. The minimum Gasteiger partial charge on any atom is -0.253 e. The molecular formula is C18H12F2O6S2. The molecule has 0 aliphatic heterocycles. The summed E-state index contributed by atoms with van der Waals surface area (Å²) in [4.78, 5) is -0.442. The maximum absolute atomic E-state index is 12.8. The van der Waals surface area contributed by atoms with Crippen molar-refractivity contribution in [1.82, 2.24) is 0 Å². The van der Waals surface area contributed by atoms with Crippen molar-refractivity contribution in [2.75, 3.05) is 13.2 Å². The third-order valence-electron chi connectivity index (χ3n) is 3.02. The van der Waals surface area contributed by atoms with Gasteiger partial charge in [-0.1, -0.05) is 11.8 Å². The van der Waals surface area contributed by atoms with Crippen LogP contribution in [0.1, 0.15) is 0 Å². The van der Waals surface area contributed by atoms with E-state index in [0.29, 0.717) is 0 Å². The summed E-state index contributed by atoms with van der Waals surface area (Å²) in [6.45, 7) is -0.994. The second-order valence-corrected chi connectivity index (χ2v) is 8.17. The van der Waals surface area contributed by atoms with Crippen molar-refractivity contribution in [2.45, 2.75) is 9.79 Å². The van der Waals surface area contributed by atoms with E-state index in [2.05, 4.69) is 32.0 Å². The van der Waals surface area contributed by atoms with Gasteiger partial charge in [-0.05, 0) is 60.4 Å². The van der Waals surface area contributed by atoms with Gasteiger partial charge >= 0.3 is 0 Å². The van der Waals surface area contributed by atoms with Gasteiger partial charge < -0.3 is 0 Å². The second-order valence-electron chi connectivity index (χ2n) is 4.94. The zero-order valence-electron chi connectivity index (χ0n) is 14.1. The minimum absolute atomic E-state index is 0.221. The molecule has 0 amide bonds. The summed E-state index contributed by atoms with van der Waals surface area (Å²) in [5, 5.41) is 0. The van der Waals surface area contributed by atoms with Gasteiger partial charge in [0.1, 0.15) is 24.8 Å². The molecule has 0 aliphatic carbocycles. The molecule has 28 heavy (non-hydrogen) atoms. The Labute approximate surface area is 161 Å². The summed E-state index contributed by atoms with van der Waals surface area (Å²) >= 11 is 0. The molecule has 0 saturated carbocycles. The lowest BCUT2D eigenvalue weighted by molar-refractivity contribution is 0.361. The second kappa shape index (κ2) is 9.44. The van der Waals surface area contributed by atoms with Crippen LogP contribution in [0.5, 0.6) is 0 Å². The van der Waals surface area contributed by atoms with Crippen LogP contribution < -0.4 is 0 Å². The average molecular weight is 426 g/mol. The Hall–Kier alpha value is -2.76. The molecule has 2 aromatic rings. The maximum atomic E-state index is 12.8. The Bertz CT molecular complexity index is 1050. The molecule has 0 bridgehead atoms. The van der Waals surface area contributed by atoms with Crippen LogP contribution in [-0.4, -0.2) is 30.0 Å². The lowest BCUT2D eigenvalue weighted by atomic mass is 10.4. The first-order chi connectivity index (χ1) is 13.2. The van der Waals surface area contributed by atoms with Crippen molar-refractivity contribution in [3.63, 3.8) is 0 Å². The fraction of sp³-hybridized carbons (Fsp3) is 0.111. The van der Waals surface area contributed by atoms with E-state index in [1.165, 1.54) is 0 Å². The van der Waals surface area contributed by atoms with Crippen molar-refractivity contribution in [3.8, 4) is 23.7 Å². The van der Waals surface area contributed by atoms with Gasteiger partial charge in [-0.15, -0.1) is 0 Å². The third-order valence-corrected chi connectivity index (χ3v) is 5.57. The van der Waals surface area contributed by atoms with Gasteiger partial charge in [0.15, 0.2) is 0 Å². The van der Waals surface area contributed by atoms with Gasteiger partial charge in [0.2, 0.25) is 0 Å². The molecule has 0 saturated heterocycles. The summed E-state index contributed by atoms with van der Waals surface area (Å²) in [5.41, 5.74) is 0. The van der Waals surface area contributed by atoms with E-state index in [4.69, 9.17) is 0 Å². The quantitative estimate of drug-likeness (QED) is 0.519. The first kappa shape index (κ1) is 21.5. The number of rotatable bonds is 6. The highest BCUT2D eigenvalue weighted by molar-refractivity contribution is 7.87. The molecule has 0 N–H and O–H groups in total. The molecule has 2 rings (SSSR count). The molecular weight excluding hydrogens is 414 g/mol. The molecule has 0 unspecified atom stereocenters. The van der Waals surface area contributed by atoms with Gasteiger partial charge in [0.05, 0.1) is 9.79 Å². The molecule has 0 aliphatic rings. The van der Waals surface area contributed by atoms with Gasteiger partial charge in [-0.2, -0.15) is 16.8 Å². The summed E-state index contributed by atoms with van der Waals surface area (Å²) in [6, 6.07) is 8.13. The number of hydrogen-bond acceptors (Lipinski definition) is 6. The van der Waals surface area contributed by atoms with Gasteiger partial charge in [-0.3, -0.25) is 8.37 Å². The Morgan fingerprint density at radius 3 is 1.29 bits per heavy atom. The predicted octanol–water partition coefficient (Wildman–Crippen LogP) is 2.08. The predicted molar refractivity (Wildman–Crippen MR) is 94.6 cm³/mol. The van der Waals surface area contributed by atoms with Crippen LogP contribution in [-0.2, 0) is 28.6 Å². The van der Waals surface area contributed by atoms with E-state index >= 15 is 0 Å². The summed E-state index contributed by atoms with van der Waals surface area (Å²) in [5.74, 6) is 7.99. The van der Waals surface area contributed by atoms with Crippen molar-refractivity contribution in [3.05, 3.63) is 60.2 Å². The highest BCUT2D eigenvalue weighted by Gasteiger charge is 2.15. The van der Waals surface area contributed by atoms with E-state index in [1.54, 1.807) is 0 Å². The Balaban J connectivity index is 1.83. The van der Waals surface area contributed by atoms with E-state index in [0.717, 1.165) is 48.5 Å². The SMILES string of the molecule is O=S(=O)(OCC#CC#CCOS(=O)(=O)c1ccc(F)cc1)c1ccc(F)cc1. The standard InChI is InChI=1S/C18H12F2O6S2/c19-15-5-9-17(10-6-15)27(21,22)25-13-3-1-2-4-14-26-28(23,24)18-11-7-16(20)8-12-18/h5-12H,13-14H2. The van der Waals surface area contributed by atoms with Crippen molar-refractivity contribution < 1.29 is 34.0 Å². The first-order valence-electron chi connectivity index (χ1n) is 7.46. The topological polar surface area (TPSA) is 86.7 Å². The Morgan fingerprint density at radius 1 is 0.643 bits per heavy atom. The van der Waals surface area contributed by atoms with E-state index in [9.17, 15) is 25.6 Å². The molecule has 0 aromatic heterocycles. The fourth-order valence-corrected chi connectivity index (χ4v) is 3.35. The van der Waals surface area contributed by atoms with Gasteiger partial charge in [-0.25, -0.2) is 8.78 Å². The maximum Gasteiger partial charge on any atom is 0.297 e. The van der Waals surface area contributed by atoms with Crippen molar-refractivity contribution >= 4 is 20.2 Å². The lowest BCUT2D eigenvalue weighted by Crippen LogP contribution is -2.06. The zero-order chi connectivity index (χ0) is 20.6. The van der Waals surface area contributed by atoms with Crippen LogP contribution in [0.15, 0.2) is 58.3 Å². The number of hydrogen-bond donors (Lipinski definition) is 0. The molecule has 0 heterocycles. The summed E-state index contributed by atoms with van der Waals surface area (Å²) in [6.07, 6.45) is 0. The Morgan fingerprint density at radius 2 is 0.964 bits per heavy atom. The number of benzene rings is 2. The minimum atomic E-state index is -4.08. The summed E-state index contributed by atoms with van der Waals surface area (Å²) < 4.78 is 82.0. The van der Waals surface area contributed by atoms with E-state index < -0.39 is 45.1 Å². The van der Waals surface area contributed by atoms with Crippen LogP contribution >= 0.6 is 0 Å². The molecule has 0 atom stereocenters. The smallest absolute Gasteiger partial charge is 0.253 e. The monoisotopic (exact) mass is 426 g/mol. The highest BCUT2D eigenvalue weighted by atomic mass is 32.2. The van der Waals surface area contributed by atoms with Crippen LogP contribution in [0, 0.1) is 35.3 Å². The molecule has 6 nitrogen and oxygen atoms in total. The van der Waals surface area contributed by atoms with Crippen LogP contribution in [0.4, 0.5) is 8.78 Å². The van der Waals surface area contributed by atoms with Crippen LogP contribution in [0.2, 0.25) is 0 Å².